The normalized spacial score (nSPS) is 11.0. The molecule has 4 aromatic rings. The number of hydrogen-bond donors (Lipinski definition) is 1. The van der Waals surface area contributed by atoms with E-state index in [0.717, 1.165) is 0 Å². The zero-order valence-corrected chi connectivity index (χ0v) is 14.7. The number of nitrogen functional groups attached to an aromatic ring is 1. The average Bonchev–Trinajstić information content (AvgIpc) is 3.28. The molecule has 0 aliphatic carbocycles. The lowest BCUT2D eigenvalue weighted by Crippen LogP contribution is -2.05. The Morgan fingerprint density at radius 3 is 2.54 bits per heavy atom. The Bertz CT molecular complexity index is 1180. The molecular formula is C17H13N11. The highest BCUT2D eigenvalue weighted by Gasteiger charge is 2.17. The molecule has 0 fully saturated rings. The lowest BCUT2D eigenvalue weighted by molar-refractivity contribution is 0.805. The molecule has 0 aromatic carbocycles. The summed E-state index contributed by atoms with van der Waals surface area (Å²) in [6, 6.07) is 7.05. The monoisotopic (exact) mass is 371 g/mol. The molecule has 4 aromatic heterocycles. The van der Waals surface area contributed by atoms with Crippen molar-refractivity contribution >= 4 is 23.0 Å². The Balaban J connectivity index is 1.76. The van der Waals surface area contributed by atoms with Gasteiger partial charge in [-0.05, 0) is 25.1 Å². The summed E-state index contributed by atoms with van der Waals surface area (Å²) in [4.78, 5) is 15.9. The van der Waals surface area contributed by atoms with Crippen LogP contribution in [0.4, 0.5) is 23.0 Å². The van der Waals surface area contributed by atoms with Crippen LogP contribution in [0.25, 0.3) is 16.6 Å². The minimum Gasteiger partial charge on any atom is -0.382 e. The molecule has 0 saturated heterocycles. The van der Waals surface area contributed by atoms with Crippen molar-refractivity contribution in [1.82, 2.24) is 34.5 Å². The van der Waals surface area contributed by atoms with E-state index >= 15 is 0 Å². The molecule has 136 valence electrons. The second kappa shape index (κ2) is 7.04. The van der Waals surface area contributed by atoms with Crippen LogP contribution >= 0.6 is 0 Å². The summed E-state index contributed by atoms with van der Waals surface area (Å²) in [6.45, 7) is 9.08. The van der Waals surface area contributed by atoms with Crippen LogP contribution in [0.5, 0.6) is 0 Å². The van der Waals surface area contributed by atoms with Crippen LogP contribution in [0.15, 0.2) is 59.3 Å². The molecule has 0 aliphatic heterocycles. The summed E-state index contributed by atoms with van der Waals surface area (Å²) in [5.74, 6) is 1.33. The van der Waals surface area contributed by atoms with Gasteiger partial charge in [-0.2, -0.15) is 14.9 Å². The highest BCUT2D eigenvalue weighted by molar-refractivity contribution is 5.65. The highest BCUT2D eigenvalue weighted by atomic mass is 15.4. The maximum absolute atomic E-state index is 7.34. The number of aromatic nitrogens is 7. The van der Waals surface area contributed by atoms with Gasteiger partial charge in [0, 0.05) is 18.6 Å². The first-order valence-electron chi connectivity index (χ1n) is 8.10. The van der Waals surface area contributed by atoms with Gasteiger partial charge in [0.25, 0.3) is 11.6 Å². The number of hydrogen-bond acceptors (Lipinski definition) is 8. The molecule has 4 heterocycles. The zero-order valence-electron chi connectivity index (χ0n) is 14.7. The van der Waals surface area contributed by atoms with Gasteiger partial charge in [0.1, 0.15) is 0 Å². The third-order valence-corrected chi connectivity index (χ3v) is 3.76. The van der Waals surface area contributed by atoms with Gasteiger partial charge in [0.2, 0.25) is 0 Å². The van der Waals surface area contributed by atoms with E-state index in [2.05, 4.69) is 40.2 Å². The topological polar surface area (TPSA) is 129 Å². The van der Waals surface area contributed by atoms with Crippen molar-refractivity contribution in [2.24, 2.45) is 10.2 Å². The first-order chi connectivity index (χ1) is 13.7. The first-order valence-corrected chi connectivity index (χ1v) is 8.10. The molecule has 28 heavy (non-hydrogen) atoms. The molecule has 0 radical (unpaired) electrons. The predicted molar refractivity (Wildman–Crippen MR) is 100 cm³/mol. The lowest BCUT2D eigenvalue weighted by atomic mass is 10.4. The van der Waals surface area contributed by atoms with Gasteiger partial charge in [-0.25, -0.2) is 24.5 Å². The standard InChI is InChI=1S/C17H13N11/c1-11-14(15(18)28(26-11)17-21-8-5-9-22-17)24-25-16-12(19-2)10-23-27(16)13-6-3-4-7-20-13/h3-10H,18H2,1H3/b25-24+. The lowest BCUT2D eigenvalue weighted by Gasteiger charge is -2.02. The van der Waals surface area contributed by atoms with Crippen LogP contribution in [-0.4, -0.2) is 34.5 Å². The molecular weight excluding hydrogens is 358 g/mol. The van der Waals surface area contributed by atoms with E-state index in [-0.39, 0.29) is 17.3 Å². The number of azo groups is 1. The maximum Gasteiger partial charge on any atom is 0.252 e. The van der Waals surface area contributed by atoms with Gasteiger partial charge >= 0.3 is 0 Å². The van der Waals surface area contributed by atoms with Gasteiger partial charge in [-0.15, -0.1) is 10.2 Å². The third kappa shape index (κ3) is 2.95. The predicted octanol–water partition coefficient (Wildman–Crippen LogP) is 3.10. The Morgan fingerprint density at radius 1 is 1.04 bits per heavy atom. The molecule has 2 N–H and O–H groups in total. The third-order valence-electron chi connectivity index (χ3n) is 3.76. The minimum atomic E-state index is 0.237. The molecule has 0 spiro atoms. The summed E-state index contributed by atoms with van der Waals surface area (Å²) < 4.78 is 2.82. The van der Waals surface area contributed by atoms with Crippen molar-refractivity contribution < 1.29 is 0 Å². The quantitative estimate of drug-likeness (QED) is 0.433. The average molecular weight is 371 g/mol. The van der Waals surface area contributed by atoms with Crippen molar-refractivity contribution in [3.05, 3.63) is 66.2 Å². The molecule has 0 saturated carbocycles. The number of nitrogens with two attached hydrogens (primary N) is 1. The number of rotatable bonds is 4. The second-order valence-corrected chi connectivity index (χ2v) is 5.54. The van der Waals surface area contributed by atoms with Gasteiger partial charge in [0.15, 0.2) is 23.1 Å². The van der Waals surface area contributed by atoms with Crippen molar-refractivity contribution in [2.45, 2.75) is 6.92 Å². The molecule has 4 rings (SSSR count). The molecule has 0 bridgehead atoms. The number of pyridine rings is 1. The van der Waals surface area contributed by atoms with Crippen molar-refractivity contribution in [3.8, 4) is 11.8 Å². The summed E-state index contributed by atoms with van der Waals surface area (Å²) >= 11 is 0. The Morgan fingerprint density at radius 2 is 1.82 bits per heavy atom. The van der Waals surface area contributed by atoms with Gasteiger partial charge in [-0.3, -0.25) is 0 Å². The van der Waals surface area contributed by atoms with E-state index in [9.17, 15) is 0 Å². The van der Waals surface area contributed by atoms with Gasteiger partial charge < -0.3 is 5.73 Å². The van der Waals surface area contributed by atoms with Crippen LogP contribution in [0.2, 0.25) is 0 Å². The maximum atomic E-state index is 7.34. The second-order valence-electron chi connectivity index (χ2n) is 5.54. The summed E-state index contributed by atoms with van der Waals surface area (Å²) in [7, 11) is 0. The number of aryl methyl sites for hydroxylation is 1. The van der Waals surface area contributed by atoms with Crippen LogP contribution in [0.3, 0.4) is 0 Å². The van der Waals surface area contributed by atoms with Crippen molar-refractivity contribution in [3.63, 3.8) is 0 Å². The Labute approximate surface area is 159 Å². The molecule has 0 unspecified atom stereocenters. The Kier molecular flexibility index (Phi) is 4.27. The van der Waals surface area contributed by atoms with Crippen LogP contribution in [0, 0.1) is 13.5 Å². The van der Waals surface area contributed by atoms with Gasteiger partial charge in [0.05, 0.1) is 18.5 Å². The number of anilines is 1. The van der Waals surface area contributed by atoms with E-state index in [1.54, 1.807) is 43.7 Å². The smallest absolute Gasteiger partial charge is 0.252 e. The molecule has 11 heteroatoms. The fourth-order valence-electron chi connectivity index (χ4n) is 2.46. The van der Waals surface area contributed by atoms with Gasteiger partial charge in [-0.1, -0.05) is 6.07 Å². The number of nitrogens with zero attached hydrogens (tertiary/aromatic N) is 10. The molecule has 0 amide bonds. The fourth-order valence-corrected chi connectivity index (χ4v) is 2.46. The molecule has 0 atom stereocenters. The van der Waals surface area contributed by atoms with Crippen molar-refractivity contribution in [2.75, 3.05) is 5.73 Å². The fraction of sp³-hybridized carbons (Fsp3) is 0.0588. The van der Waals surface area contributed by atoms with E-state index in [0.29, 0.717) is 23.1 Å². The van der Waals surface area contributed by atoms with Crippen molar-refractivity contribution in [1.29, 1.82) is 0 Å². The van der Waals surface area contributed by atoms with Crippen LogP contribution in [-0.2, 0) is 0 Å². The Hall–Kier alpha value is -4.46. The largest absolute Gasteiger partial charge is 0.382 e. The minimum absolute atomic E-state index is 0.237. The van der Waals surface area contributed by atoms with Crippen LogP contribution < -0.4 is 5.73 Å². The SMILES string of the molecule is [C-]#[N+]c1cnn(-c2ccccn2)c1/N=N/c1c(C)nn(-c2ncccn2)c1N. The van der Waals surface area contributed by atoms with E-state index in [1.165, 1.54) is 15.6 Å². The van der Waals surface area contributed by atoms with E-state index in [4.69, 9.17) is 12.3 Å². The summed E-state index contributed by atoms with van der Waals surface area (Å²) in [5, 5.41) is 16.9. The van der Waals surface area contributed by atoms with E-state index < -0.39 is 0 Å². The summed E-state index contributed by atoms with van der Waals surface area (Å²) in [6.07, 6.45) is 6.22. The highest BCUT2D eigenvalue weighted by Crippen LogP contribution is 2.34. The zero-order chi connectivity index (χ0) is 19.5. The van der Waals surface area contributed by atoms with E-state index in [1.807, 2.05) is 6.07 Å². The summed E-state index contributed by atoms with van der Waals surface area (Å²) in [5.41, 5.74) is 7.31. The first kappa shape index (κ1) is 17.0. The molecule has 11 nitrogen and oxygen atoms in total. The van der Waals surface area contributed by atoms with Crippen LogP contribution in [0.1, 0.15) is 5.69 Å². The molecule has 0 aliphatic rings.